The Bertz CT molecular complexity index is 465. The second kappa shape index (κ2) is 5.38. The fourth-order valence-corrected chi connectivity index (χ4v) is 2.93. The number of ether oxygens (including phenoxy) is 2. The molecule has 0 aliphatic carbocycles. The van der Waals surface area contributed by atoms with Crippen molar-refractivity contribution in [3.63, 3.8) is 0 Å². The molecule has 20 heavy (non-hydrogen) atoms. The summed E-state index contributed by atoms with van der Waals surface area (Å²) in [6, 6.07) is 7.73. The molecule has 0 saturated carbocycles. The molecule has 1 aromatic carbocycles. The van der Waals surface area contributed by atoms with Crippen LogP contribution in [0.15, 0.2) is 24.3 Å². The zero-order chi connectivity index (χ0) is 15.0. The Morgan fingerprint density at radius 1 is 1.30 bits per heavy atom. The van der Waals surface area contributed by atoms with E-state index in [9.17, 15) is 5.11 Å². The number of benzene rings is 1. The molecule has 0 spiro atoms. The summed E-state index contributed by atoms with van der Waals surface area (Å²) in [5.41, 5.74) is 0.357. The topological polar surface area (TPSA) is 38.7 Å². The second-order valence-electron chi connectivity index (χ2n) is 6.74. The molecule has 3 heteroatoms. The molecule has 1 heterocycles. The first-order chi connectivity index (χ1) is 9.25. The molecule has 0 amide bonds. The largest absolute Gasteiger partial charge is 0.487 e. The van der Waals surface area contributed by atoms with Gasteiger partial charge in [0.1, 0.15) is 17.5 Å². The van der Waals surface area contributed by atoms with Crippen LogP contribution in [-0.2, 0) is 4.74 Å². The fraction of sp³-hybridized carbons (Fsp3) is 0.647. The maximum Gasteiger partial charge on any atom is 0.130 e. The third kappa shape index (κ3) is 3.15. The van der Waals surface area contributed by atoms with Gasteiger partial charge in [0.05, 0.1) is 11.7 Å². The minimum atomic E-state index is -0.482. The molecular formula is C17H26O3. The molecule has 1 saturated heterocycles. The van der Waals surface area contributed by atoms with E-state index in [1.807, 2.05) is 31.2 Å². The van der Waals surface area contributed by atoms with Crippen molar-refractivity contribution in [2.45, 2.75) is 70.9 Å². The van der Waals surface area contributed by atoms with Crippen LogP contribution in [0.25, 0.3) is 0 Å². The standard InChI is InChI=1S/C17H26O3/c1-6-13(18)12-9-7-8-10-14(12)19-15-11-16(2,3)20-17(15,4)5/h7-10,13,15,18H,6,11H2,1-5H3/t13-,15?/m0/s1. The Hall–Kier alpha value is -1.06. The van der Waals surface area contributed by atoms with Crippen LogP contribution in [-0.4, -0.2) is 22.4 Å². The summed E-state index contributed by atoms with van der Waals surface area (Å²) >= 11 is 0. The van der Waals surface area contributed by atoms with Crippen LogP contribution in [0, 0.1) is 0 Å². The van der Waals surface area contributed by atoms with Gasteiger partial charge in [0, 0.05) is 12.0 Å². The normalized spacial score (nSPS) is 25.4. The lowest BCUT2D eigenvalue weighted by molar-refractivity contribution is -0.0848. The summed E-state index contributed by atoms with van der Waals surface area (Å²) in [6.07, 6.45) is 1.03. The number of hydrogen-bond donors (Lipinski definition) is 1. The van der Waals surface area contributed by atoms with Crippen LogP contribution in [0.2, 0.25) is 0 Å². The maximum atomic E-state index is 10.1. The molecule has 1 aliphatic rings. The lowest BCUT2D eigenvalue weighted by atomic mass is 9.96. The van der Waals surface area contributed by atoms with E-state index in [0.717, 1.165) is 17.7 Å². The number of aliphatic hydroxyl groups is 1. The number of rotatable bonds is 4. The number of hydrogen-bond acceptors (Lipinski definition) is 3. The summed E-state index contributed by atoms with van der Waals surface area (Å²) in [5.74, 6) is 0.765. The van der Waals surface area contributed by atoms with E-state index >= 15 is 0 Å². The molecule has 0 bridgehead atoms. The molecule has 1 aromatic rings. The summed E-state index contributed by atoms with van der Waals surface area (Å²) in [7, 11) is 0. The zero-order valence-electron chi connectivity index (χ0n) is 13.1. The van der Waals surface area contributed by atoms with E-state index in [-0.39, 0.29) is 17.3 Å². The average molecular weight is 278 g/mol. The van der Waals surface area contributed by atoms with Gasteiger partial charge in [0.25, 0.3) is 0 Å². The quantitative estimate of drug-likeness (QED) is 0.909. The molecule has 3 nitrogen and oxygen atoms in total. The third-order valence-electron chi connectivity index (χ3n) is 3.93. The molecular weight excluding hydrogens is 252 g/mol. The van der Waals surface area contributed by atoms with E-state index in [2.05, 4.69) is 27.7 Å². The van der Waals surface area contributed by atoms with Gasteiger partial charge in [-0.1, -0.05) is 25.1 Å². The molecule has 1 aliphatic heterocycles. The van der Waals surface area contributed by atoms with Crippen molar-refractivity contribution in [1.29, 1.82) is 0 Å². The van der Waals surface area contributed by atoms with E-state index in [0.29, 0.717) is 6.42 Å². The van der Waals surface area contributed by atoms with Crippen molar-refractivity contribution in [2.24, 2.45) is 0 Å². The molecule has 112 valence electrons. The predicted octanol–water partition coefficient (Wildman–Crippen LogP) is 3.85. The lowest BCUT2D eigenvalue weighted by Gasteiger charge is -2.28. The van der Waals surface area contributed by atoms with Crippen LogP contribution < -0.4 is 4.74 Å². The monoisotopic (exact) mass is 278 g/mol. The van der Waals surface area contributed by atoms with Gasteiger partial charge in [-0.3, -0.25) is 0 Å². The summed E-state index contributed by atoms with van der Waals surface area (Å²) in [4.78, 5) is 0. The molecule has 1 fully saturated rings. The van der Waals surface area contributed by atoms with E-state index in [4.69, 9.17) is 9.47 Å². The van der Waals surface area contributed by atoms with Gasteiger partial charge in [-0.2, -0.15) is 0 Å². The minimum absolute atomic E-state index is 0.0114. The first-order valence-electron chi connectivity index (χ1n) is 7.39. The van der Waals surface area contributed by atoms with Crippen LogP contribution in [0.5, 0.6) is 5.75 Å². The van der Waals surface area contributed by atoms with Crippen molar-refractivity contribution >= 4 is 0 Å². The molecule has 1 N–H and O–H groups in total. The lowest BCUT2D eigenvalue weighted by Crippen LogP contribution is -2.37. The van der Waals surface area contributed by atoms with Gasteiger partial charge < -0.3 is 14.6 Å². The molecule has 2 rings (SSSR count). The summed E-state index contributed by atoms with van der Waals surface area (Å²) < 4.78 is 12.3. The van der Waals surface area contributed by atoms with Crippen LogP contribution in [0.3, 0.4) is 0 Å². The Balaban J connectivity index is 2.23. The van der Waals surface area contributed by atoms with Gasteiger partial charge in [-0.15, -0.1) is 0 Å². The SMILES string of the molecule is CC[C@H](O)c1ccccc1OC1CC(C)(C)OC1(C)C. The number of para-hydroxylation sites is 1. The fourth-order valence-electron chi connectivity index (χ4n) is 2.93. The smallest absolute Gasteiger partial charge is 0.130 e. The molecule has 2 atom stereocenters. The van der Waals surface area contributed by atoms with Gasteiger partial charge in [-0.05, 0) is 40.2 Å². The minimum Gasteiger partial charge on any atom is -0.487 e. The highest BCUT2D eigenvalue weighted by atomic mass is 16.6. The first kappa shape index (κ1) is 15.3. The summed E-state index contributed by atoms with van der Waals surface area (Å²) in [5, 5.41) is 10.1. The van der Waals surface area contributed by atoms with Crippen molar-refractivity contribution in [3.05, 3.63) is 29.8 Å². The zero-order valence-corrected chi connectivity index (χ0v) is 13.1. The van der Waals surface area contributed by atoms with Gasteiger partial charge in [-0.25, -0.2) is 0 Å². The van der Waals surface area contributed by atoms with Gasteiger partial charge in [0.2, 0.25) is 0 Å². The van der Waals surface area contributed by atoms with Crippen LogP contribution >= 0.6 is 0 Å². The Kier molecular flexibility index (Phi) is 4.12. The third-order valence-corrected chi connectivity index (χ3v) is 3.93. The highest BCUT2D eigenvalue weighted by molar-refractivity contribution is 5.35. The Morgan fingerprint density at radius 2 is 1.95 bits per heavy atom. The van der Waals surface area contributed by atoms with E-state index < -0.39 is 6.10 Å². The average Bonchev–Trinajstić information content (AvgIpc) is 2.57. The second-order valence-corrected chi connectivity index (χ2v) is 6.74. The van der Waals surface area contributed by atoms with Gasteiger partial charge in [0.15, 0.2) is 0 Å². The molecule has 1 unspecified atom stereocenters. The maximum absolute atomic E-state index is 10.1. The Labute approximate surface area is 121 Å². The van der Waals surface area contributed by atoms with Crippen LogP contribution in [0.1, 0.15) is 59.1 Å². The van der Waals surface area contributed by atoms with Crippen molar-refractivity contribution in [3.8, 4) is 5.75 Å². The van der Waals surface area contributed by atoms with Crippen molar-refractivity contribution in [1.82, 2.24) is 0 Å². The molecule has 0 radical (unpaired) electrons. The van der Waals surface area contributed by atoms with E-state index in [1.165, 1.54) is 0 Å². The van der Waals surface area contributed by atoms with E-state index in [1.54, 1.807) is 0 Å². The number of aliphatic hydroxyl groups excluding tert-OH is 1. The highest BCUT2D eigenvalue weighted by Crippen LogP contribution is 2.40. The van der Waals surface area contributed by atoms with Crippen LogP contribution in [0.4, 0.5) is 0 Å². The van der Waals surface area contributed by atoms with Gasteiger partial charge >= 0.3 is 0 Å². The first-order valence-corrected chi connectivity index (χ1v) is 7.39. The Morgan fingerprint density at radius 3 is 2.50 bits per heavy atom. The predicted molar refractivity (Wildman–Crippen MR) is 80.0 cm³/mol. The summed E-state index contributed by atoms with van der Waals surface area (Å²) in [6.45, 7) is 10.3. The van der Waals surface area contributed by atoms with Crippen molar-refractivity contribution in [2.75, 3.05) is 0 Å². The van der Waals surface area contributed by atoms with Crippen molar-refractivity contribution < 1.29 is 14.6 Å². The highest BCUT2D eigenvalue weighted by Gasteiger charge is 2.47. The molecule has 0 aromatic heterocycles.